The third kappa shape index (κ3) is 4.85. The lowest BCUT2D eigenvalue weighted by Crippen LogP contribution is -2.13. The van der Waals surface area contributed by atoms with E-state index in [0.29, 0.717) is 34.3 Å². The number of rotatable bonds is 8. The second-order valence-corrected chi connectivity index (χ2v) is 6.14. The lowest BCUT2D eigenvalue weighted by molar-refractivity contribution is 0.118. The minimum atomic E-state index is -0.859. The van der Waals surface area contributed by atoms with E-state index in [4.69, 9.17) is 14.2 Å². The largest absolute Gasteiger partial charge is 0.513 e. The Morgan fingerprint density at radius 1 is 0.786 bits per heavy atom. The maximum atomic E-state index is 11.9. The van der Waals surface area contributed by atoms with Crippen molar-refractivity contribution in [3.63, 3.8) is 0 Å². The van der Waals surface area contributed by atoms with Crippen LogP contribution < -0.4 is 14.2 Å². The quantitative estimate of drug-likeness (QED) is 0.345. The van der Waals surface area contributed by atoms with Gasteiger partial charge in [-0.1, -0.05) is 50.5 Å². The highest BCUT2D eigenvalue weighted by molar-refractivity contribution is 5.99. The van der Waals surface area contributed by atoms with Crippen molar-refractivity contribution in [2.24, 2.45) is 0 Å². The first-order chi connectivity index (χ1) is 13.6. The molecule has 0 heterocycles. The molecular weight excluding hydrogens is 364 g/mol. The summed E-state index contributed by atoms with van der Waals surface area (Å²) >= 11 is 0. The van der Waals surface area contributed by atoms with E-state index >= 15 is 0 Å². The number of benzene rings is 2. The first kappa shape index (κ1) is 21.3. The zero-order valence-corrected chi connectivity index (χ0v) is 16.7. The van der Waals surface area contributed by atoms with E-state index in [1.54, 1.807) is 18.2 Å². The fraction of sp³-hybridized carbons (Fsp3) is 0.429. The minimum Gasteiger partial charge on any atom is -0.492 e. The summed E-state index contributed by atoms with van der Waals surface area (Å²) < 4.78 is 25.8. The van der Waals surface area contributed by atoms with Crippen LogP contribution in [0.25, 0.3) is 10.8 Å². The topological polar surface area (TPSA) is 80.3 Å². The summed E-state index contributed by atoms with van der Waals surface area (Å²) in [6.45, 7) is 2.13. The number of unbranched alkanes of at least 4 members (excludes halogenated alkanes) is 3. The Hall–Kier alpha value is -2.96. The van der Waals surface area contributed by atoms with Crippen molar-refractivity contribution in [2.75, 3.05) is 21.3 Å². The molecule has 0 amide bonds. The van der Waals surface area contributed by atoms with Crippen molar-refractivity contribution >= 4 is 23.1 Å². The second kappa shape index (κ2) is 10.4. The summed E-state index contributed by atoms with van der Waals surface area (Å²) in [5.41, 5.74) is 0.640. The molecule has 2 aromatic carbocycles. The lowest BCUT2D eigenvalue weighted by atomic mass is 9.98. The van der Waals surface area contributed by atoms with Crippen LogP contribution in [0.3, 0.4) is 0 Å². The molecule has 0 aliphatic carbocycles. The van der Waals surface area contributed by atoms with Crippen LogP contribution in [0.5, 0.6) is 17.2 Å². The van der Waals surface area contributed by atoms with Gasteiger partial charge in [-0.05, 0) is 12.8 Å². The molecule has 2 aromatic rings. The van der Waals surface area contributed by atoms with Gasteiger partial charge in [0.1, 0.15) is 5.75 Å². The van der Waals surface area contributed by atoms with Gasteiger partial charge in [-0.15, -0.1) is 0 Å². The minimum absolute atomic E-state index is 0.229. The highest BCUT2D eigenvalue weighted by Crippen LogP contribution is 2.46. The second-order valence-electron chi connectivity index (χ2n) is 6.14. The number of fused-ring (bicyclic) bond motifs is 1. The molecule has 0 saturated heterocycles. The summed E-state index contributed by atoms with van der Waals surface area (Å²) in [6, 6.07) is 7.13. The van der Waals surface area contributed by atoms with Crippen molar-refractivity contribution in [1.29, 1.82) is 0 Å². The molecule has 0 fully saturated rings. The van der Waals surface area contributed by atoms with E-state index in [9.17, 15) is 9.59 Å². The molecule has 0 radical (unpaired) electrons. The van der Waals surface area contributed by atoms with Gasteiger partial charge in [-0.25, -0.2) is 9.59 Å². The molecule has 0 aliphatic heterocycles. The van der Waals surface area contributed by atoms with Gasteiger partial charge in [0.2, 0.25) is 0 Å². The molecule has 0 aromatic heterocycles. The molecule has 2 rings (SSSR count). The average molecular weight is 390 g/mol. The van der Waals surface area contributed by atoms with E-state index < -0.39 is 12.3 Å². The highest BCUT2D eigenvalue weighted by Gasteiger charge is 2.25. The summed E-state index contributed by atoms with van der Waals surface area (Å²) in [5.74, 6) is 0.903. The van der Waals surface area contributed by atoms with Gasteiger partial charge < -0.3 is 23.7 Å². The Morgan fingerprint density at radius 3 is 1.89 bits per heavy atom. The van der Waals surface area contributed by atoms with Gasteiger partial charge in [-0.2, -0.15) is 0 Å². The van der Waals surface area contributed by atoms with Crippen molar-refractivity contribution in [1.82, 2.24) is 0 Å². The number of methoxy groups -OCH3 is 3. The predicted octanol–water partition coefficient (Wildman–Crippen LogP) is 5.26. The van der Waals surface area contributed by atoms with E-state index in [0.717, 1.165) is 25.7 Å². The Labute approximate surface area is 164 Å². The van der Waals surface area contributed by atoms with Gasteiger partial charge >= 0.3 is 12.3 Å². The van der Waals surface area contributed by atoms with Crippen LogP contribution in [0.2, 0.25) is 0 Å². The molecule has 152 valence electrons. The molecular formula is C21H26O7. The molecule has 0 N–H and O–H groups in total. The molecule has 0 spiro atoms. The van der Waals surface area contributed by atoms with Gasteiger partial charge in [0.05, 0.1) is 21.3 Å². The van der Waals surface area contributed by atoms with Crippen LogP contribution in [0.4, 0.5) is 9.59 Å². The van der Waals surface area contributed by atoms with Crippen molar-refractivity contribution in [3.8, 4) is 17.2 Å². The first-order valence-corrected chi connectivity index (χ1v) is 9.20. The molecule has 7 heteroatoms. The lowest BCUT2D eigenvalue weighted by Gasteiger charge is -2.20. The number of carbonyl (C=O) groups excluding carboxylic acids is 2. The van der Waals surface area contributed by atoms with Crippen LogP contribution in [-0.4, -0.2) is 33.6 Å². The average Bonchev–Trinajstić information content (AvgIpc) is 2.72. The molecule has 0 bridgehead atoms. The number of carbonyl (C=O) groups is 2. The third-order valence-corrected chi connectivity index (χ3v) is 4.36. The van der Waals surface area contributed by atoms with Crippen molar-refractivity contribution in [3.05, 3.63) is 29.8 Å². The molecule has 0 aliphatic rings. The number of hydrogen-bond acceptors (Lipinski definition) is 7. The van der Waals surface area contributed by atoms with E-state index in [-0.39, 0.29) is 5.75 Å². The standard InChI is InChI=1S/C21H26O7/c1-5-6-7-8-13-16-17(27-20(22)25-3)14-11-9-10-12-15(14)19(18(16)24-2)28-21(23)26-4/h9-12H,5-8,13H2,1-4H3. The monoisotopic (exact) mass is 390 g/mol. The number of hydrogen-bond donors (Lipinski definition) is 0. The van der Waals surface area contributed by atoms with Gasteiger partial charge in [0, 0.05) is 16.3 Å². The summed E-state index contributed by atoms with van der Waals surface area (Å²) in [7, 11) is 3.96. The molecule has 28 heavy (non-hydrogen) atoms. The van der Waals surface area contributed by atoms with Crippen molar-refractivity contribution < 1.29 is 33.3 Å². The van der Waals surface area contributed by atoms with E-state index in [2.05, 4.69) is 16.4 Å². The van der Waals surface area contributed by atoms with Crippen LogP contribution in [0.1, 0.15) is 38.2 Å². The van der Waals surface area contributed by atoms with Crippen LogP contribution in [0.15, 0.2) is 24.3 Å². The zero-order valence-electron chi connectivity index (χ0n) is 16.7. The SMILES string of the molecule is CCCCCCc1c(OC)c(OC(=O)OC)c2ccccc2c1OC(=O)OC. The van der Waals surface area contributed by atoms with Gasteiger partial charge in [0.15, 0.2) is 11.5 Å². The van der Waals surface area contributed by atoms with Crippen LogP contribution in [0, 0.1) is 0 Å². The summed E-state index contributed by atoms with van der Waals surface area (Å²) in [4.78, 5) is 23.7. The predicted molar refractivity (Wildman–Crippen MR) is 104 cm³/mol. The van der Waals surface area contributed by atoms with Crippen LogP contribution in [-0.2, 0) is 15.9 Å². The fourth-order valence-corrected chi connectivity index (χ4v) is 3.04. The molecule has 0 saturated carbocycles. The Bertz CT molecular complexity index is 829. The normalized spacial score (nSPS) is 10.4. The molecule has 7 nitrogen and oxygen atoms in total. The Kier molecular flexibility index (Phi) is 7.92. The van der Waals surface area contributed by atoms with Crippen molar-refractivity contribution in [2.45, 2.75) is 39.0 Å². The summed E-state index contributed by atoms with van der Waals surface area (Å²) in [6.07, 6.45) is 2.95. The maximum Gasteiger partial charge on any atom is 0.513 e. The van der Waals surface area contributed by atoms with Gasteiger partial charge in [-0.3, -0.25) is 0 Å². The first-order valence-electron chi connectivity index (χ1n) is 9.20. The Morgan fingerprint density at radius 2 is 1.36 bits per heavy atom. The molecule has 0 atom stereocenters. The van der Waals surface area contributed by atoms with E-state index in [1.165, 1.54) is 21.3 Å². The molecule has 0 unspecified atom stereocenters. The van der Waals surface area contributed by atoms with Crippen LogP contribution >= 0.6 is 0 Å². The van der Waals surface area contributed by atoms with Gasteiger partial charge in [0.25, 0.3) is 0 Å². The smallest absolute Gasteiger partial charge is 0.492 e. The third-order valence-electron chi connectivity index (χ3n) is 4.36. The Balaban J connectivity index is 2.68. The highest BCUT2D eigenvalue weighted by atomic mass is 16.7. The summed E-state index contributed by atoms with van der Waals surface area (Å²) in [5, 5.41) is 1.17. The van der Waals surface area contributed by atoms with E-state index in [1.807, 2.05) is 6.07 Å². The zero-order chi connectivity index (χ0) is 20.5. The number of ether oxygens (including phenoxy) is 5. The fourth-order valence-electron chi connectivity index (χ4n) is 3.04. The maximum absolute atomic E-state index is 11.9.